The van der Waals surface area contributed by atoms with Gasteiger partial charge in [0, 0.05) is 6.16 Å². The average Bonchev–Trinajstić information content (AvgIpc) is 1.63. The summed E-state index contributed by atoms with van der Waals surface area (Å²) in [6.07, 6.45) is 2.11. The third kappa shape index (κ3) is 12.3. The molecule has 0 aromatic heterocycles. The van der Waals surface area contributed by atoms with Gasteiger partial charge in [0.25, 0.3) is 0 Å². The van der Waals surface area contributed by atoms with E-state index in [2.05, 4.69) is 0 Å². The summed E-state index contributed by atoms with van der Waals surface area (Å²) in [6, 6.07) is 0. The van der Waals surface area contributed by atoms with E-state index < -0.39 is 7.94 Å². The van der Waals surface area contributed by atoms with Gasteiger partial charge < -0.3 is 14.7 Å². The molecule has 0 amide bonds. The summed E-state index contributed by atoms with van der Waals surface area (Å²) < 4.78 is 0. The summed E-state index contributed by atoms with van der Waals surface area (Å²) in [7, 11) is -4.20. The summed E-state index contributed by atoms with van der Waals surface area (Å²) in [6.45, 7) is 1.96. The molecule has 0 rings (SSSR count). The minimum Gasteiger partial charge on any atom is -0.688 e. The molecular weight excluding hydrogens is 179 g/mol. The zero-order valence-electron chi connectivity index (χ0n) is 6.21. The maximum Gasteiger partial charge on any atom is 2.00 e. The second kappa shape index (κ2) is 7.23. The normalized spacial score (nSPS) is 10.8. The van der Waals surface area contributed by atoms with Gasteiger partial charge in [-0.15, -0.1) is 0 Å². The van der Waals surface area contributed by atoms with Crippen LogP contribution in [0.3, 0.4) is 0 Å². The smallest absolute Gasteiger partial charge is 0.688 e. The van der Waals surface area contributed by atoms with Gasteiger partial charge in [-0.3, -0.25) is 0 Å². The molecule has 10 heavy (non-hydrogen) atoms. The summed E-state index contributed by atoms with van der Waals surface area (Å²) >= 11 is 0. The van der Waals surface area contributed by atoms with Gasteiger partial charge in [-0.1, -0.05) is 19.8 Å². The van der Waals surface area contributed by atoms with Crippen LogP contribution in [-0.2, 0) is 0 Å². The number of unbranched alkanes of at least 4 members (excludes halogenated alkanes) is 2. The van der Waals surface area contributed by atoms with Crippen LogP contribution in [0.15, 0.2) is 0 Å². The molecule has 0 fully saturated rings. The Balaban J connectivity index is 0. The first-order chi connectivity index (χ1) is 4.06. The number of hydrogen-bond acceptors (Lipinski definition) is 3. The van der Waals surface area contributed by atoms with Crippen LogP contribution in [0.4, 0.5) is 0 Å². The molecule has 0 aliphatic heterocycles. The van der Waals surface area contributed by atoms with Gasteiger partial charge in [-0.05, 0) is 6.42 Å². The Morgan fingerprint density at radius 3 is 1.90 bits per heavy atom. The Bertz CT molecular complexity index is 73.8. The van der Waals surface area contributed by atoms with E-state index in [-0.39, 0.29) is 43.9 Å². The zero-order valence-corrected chi connectivity index (χ0v) is 9.31. The summed E-state index contributed by atoms with van der Waals surface area (Å²) in [5.41, 5.74) is 0. The maximum atomic E-state index is 9.98. The molecule has 0 aliphatic carbocycles. The van der Waals surface area contributed by atoms with Crippen molar-refractivity contribution in [2.45, 2.75) is 26.2 Å². The van der Waals surface area contributed by atoms with E-state index in [4.69, 9.17) is 0 Å². The molecule has 0 saturated heterocycles. The van der Waals surface area contributed by atoms with Gasteiger partial charge >= 0.3 is 37.7 Å². The van der Waals surface area contributed by atoms with E-state index in [1.54, 1.807) is 0 Å². The Kier molecular flexibility index (Phi) is 10.2. The molecule has 0 saturated carbocycles. The zero-order chi connectivity index (χ0) is 7.33. The fourth-order valence-electron chi connectivity index (χ4n) is 0.555. The Morgan fingerprint density at radius 2 is 1.60 bits per heavy atom. The first-order valence-electron chi connectivity index (χ1n) is 3.07. The van der Waals surface area contributed by atoms with E-state index in [0.29, 0.717) is 6.42 Å². The van der Waals surface area contributed by atoms with E-state index in [0.717, 1.165) is 12.8 Å². The summed E-state index contributed by atoms with van der Waals surface area (Å²) in [5, 5.41) is 0. The first-order valence-corrected chi connectivity index (χ1v) is 4.80. The Labute approximate surface area is 92.0 Å². The molecule has 3 nitrogen and oxygen atoms in total. The van der Waals surface area contributed by atoms with E-state index in [9.17, 15) is 14.7 Å². The van der Waals surface area contributed by atoms with Gasteiger partial charge in [-0.2, -0.15) is 7.94 Å². The molecule has 0 aromatic rings. The molecule has 5 heteroatoms. The second-order valence-corrected chi connectivity index (χ2v) is 3.71. The van der Waals surface area contributed by atoms with E-state index in [1.165, 1.54) is 0 Å². The molecular formula is C5H11CaO3P. The van der Waals surface area contributed by atoms with Crippen LogP contribution in [0.25, 0.3) is 0 Å². The van der Waals surface area contributed by atoms with E-state index in [1.807, 2.05) is 6.92 Å². The predicted molar refractivity (Wildman–Crippen MR) is 37.1 cm³/mol. The molecule has 0 atom stereocenters. The molecule has 0 aliphatic rings. The van der Waals surface area contributed by atoms with Crippen LogP contribution in [0.1, 0.15) is 26.2 Å². The molecule has 0 aromatic carbocycles. The van der Waals surface area contributed by atoms with Crippen molar-refractivity contribution in [2.24, 2.45) is 0 Å². The van der Waals surface area contributed by atoms with Crippen molar-refractivity contribution in [3.63, 3.8) is 0 Å². The predicted octanol–water partition coefficient (Wildman–Crippen LogP) is -1.36. The minimum absolute atomic E-state index is 0. The second-order valence-electron chi connectivity index (χ2n) is 2.04. The van der Waals surface area contributed by atoms with Crippen LogP contribution in [0, 0.1) is 0 Å². The molecule has 0 radical (unpaired) electrons. The Morgan fingerprint density at radius 1 is 1.10 bits per heavy atom. The van der Waals surface area contributed by atoms with Crippen LogP contribution in [0.5, 0.6) is 0 Å². The number of hydrogen-bond donors (Lipinski definition) is 0. The van der Waals surface area contributed by atoms with E-state index >= 15 is 0 Å². The first kappa shape index (κ1) is 14.1. The van der Waals surface area contributed by atoms with Gasteiger partial charge in [0.1, 0.15) is 0 Å². The Hall–Kier alpha value is 1.57. The number of rotatable bonds is 4. The maximum absolute atomic E-state index is 9.98. The van der Waals surface area contributed by atoms with Crippen molar-refractivity contribution in [1.29, 1.82) is 0 Å². The van der Waals surface area contributed by atoms with Crippen LogP contribution in [0.2, 0.25) is 0 Å². The average molecular weight is 190 g/mol. The van der Waals surface area contributed by atoms with Crippen LogP contribution >= 0.6 is 7.94 Å². The van der Waals surface area contributed by atoms with Gasteiger partial charge in [0.2, 0.25) is 0 Å². The van der Waals surface area contributed by atoms with Gasteiger partial charge in [-0.25, -0.2) is 0 Å². The topological polar surface area (TPSA) is 69.2 Å². The van der Waals surface area contributed by atoms with Crippen molar-refractivity contribution in [2.75, 3.05) is 6.16 Å². The van der Waals surface area contributed by atoms with Gasteiger partial charge in [0.15, 0.2) is 0 Å². The van der Waals surface area contributed by atoms with Crippen molar-refractivity contribution < 1.29 is 14.7 Å². The third-order valence-electron chi connectivity index (χ3n) is 1.04. The largest absolute Gasteiger partial charge is 2.00 e. The molecule has 0 spiro atoms. The standard InChI is InChI=1S/C5H13O3P.Ca/c1-2-3-4-5-9(6,7)8;/h2-5H2,1H3,(H2,6,7,8);/q;+2/p-2. The van der Waals surface area contributed by atoms with Gasteiger partial charge in [0.05, 0.1) is 0 Å². The molecule has 0 N–H and O–H groups in total. The van der Waals surface area contributed by atoms with Crippen molar-refractivity contribution in [3.05, 3.63) is 0 Å². The van der Waals surface area contributed by atoms with Crippen LogP contribution < -0.4 is 14.7 Å². The quantitative estimate of drug-likeness (QED) is 0.312. The van der Waals surface area contributed by atoms with Crippen molar-refractivity contribution >= 4 is 45.7 Å². The molecule has 56 valence electrons. The van der Waals surface area contributed by atoms with Crippen LogP contribution in [-0.4, -0.2) is 43.9 Å². The minimum atomic E-state index is -4.20. The summed E-state index contributed by atoms with van der Waals surface area (Å²) in [5.74, 6) is 0. The van der Waals surface area contributed by atoms with Crippen molar-refractivity contribution in [1.82, 2.24) is 0 Å². The molecule has 0 heterocycles. The molecule has 0 unspecified atom stereocenters. The monoisotopic (exact) mass is 190 g/mol. The third-order valence-corrected chi connectivity index (χ3v) is 1.90. The molecule has 0 bridgehead atoms. The SMILES string of the molecule is CCCCC[P+]([O-])([O-])[O-].[Ca+2]. The van der Waals surface area contributed by atoms with Crippen molar-refractivity contribution in [3.8, 4) is 0 Å². The fraction of sp³-hybridized carbons (Fsp3) is 1.00. The fourth-order valence-corrected chi connectivity index (χ4v) is 1.17. The summed E-state index contributed by atoms with van der Waals surface area (Å²) in [4.78, 5) is 29.9.